The van der Waals surface area contributed by atoms with Crippen LogP contribution in [0, 0.1) is 5.92 Å². The molecule has 1 aliphatic heterocycles. The van der Waals surface area contributed by atoms with Gasteiger partial charge in [-0.1, -0.05) is 18.9 Å². The first-order valence-corrected chi connectivity index (χ1v) is 7.57. The van der Waals surface area contributed by atoms with E-state index in [1.807, 2.05) is 6.07 Å². The summed E-state index contributed by atoms with van der Waals surface area (Å²) in [5.41, 5.74) is 1.82. The average molecular weight is 288 g/mol. The SMILES string of the molecule is O=C(O)c1cccc2c1CCCN2C(=O)NCCC1CC1. The number of carboxylic acid groups (broad SMARTS) is 1. The third kappa shape index (κ3) is 3.01. The lowest BCUT2D eigenvalue weighted by Gasteiger charge is -2.30. The van der Waals surface area contributed by atoms with Crippen molar-refractivity contribution in [3.8, 4) is 0 Å². The fraction of sp³-hybridized carbons (Fsp3) is 0.500. The maximum Gasteiger partial charge on any atom is 0.336 e. The molecule has 3 rings (SSSR count). The summed E-state index contributed by atoms with van der Waals surface area (Å²) in [6.07, 6.45) is 5.12. The third-order valence-corrected chi connectivity index (χ3v) is 4.25. The molecule has 1 aromatic carbocycles. The molecule has 0 saturated heterocycles. The Hall–Kier alpha value is -2.04. The molecule has 1 heterocycles. The molecule has 0 aromatic heterocycles. The van der Waals surface area contributed by atoms with Crippen LogP contribution in [0.5, 0.6) is 0 Å². The molecule has 1 aliphatic carbocycles. The molecule has 5 heteroatoms. The molecule has 1 aromatic rings. The minimum absolute atomic E-state index is 0.112. The predicted molar refractivity (Wildman–Crippen MR) is 79.8 cm³/mol. The number of hydrogen-bond donors (Lipinski definition) is 2. The van der Waals surface area contributed by atoms with Crippen LogP contribution in [0.3, 0.4) is 0 Å². The van der Waals surface area contributed by atoms with Gasteiger partial charge in [-0.2, -0.15) is 0 Å². The van der Waals surface area contributed by atoms with Crippen LogP contribution in [0.15, 0.2) is 18.2 Å². The largest absolute Gasteiger partial charge is 0.478 e. The number of carbonyl (C=O) groups excluding carboxylic acids is 1. The fourth-order valence-electron chi connectivity index (χ4n) is 2.92. The molecule has 0 spiro atoms. The lowest BCUT2D eigenvalue weighted by Crippen LogP contribution is -2.43. The molecular weight excluding hydrogens is 268 g/mol. The highest BCUT2D eigenvalue weighted by molar-refractivity contribution is 5.97. The van der Waals surface area contributed by atoms with Crippen LogP contribution in [-0.2, 0) is 6.42 Å². The van der Waals surface area contributed by atoms with Crippen molar-refractivity contribution in [2.75, 3.05) is 18.0 Å². The number of hydrogen-bond acceptors (Lipinski definition) is 2. The molecule has 112 valence electrons. The molecule has 2 amide bonds. The predicted octanol–water partition coefficient (Wildman–Crippen LogP) is 2.65. The van der Waals surface area contributed by atoms with Crippen LogP contribution < -0.4 is 10.2 Å². The first-order chi connectivity index (χ1) is 10.2. The number of fused-ring (bicyclic) bond motifs is 1. The van der Waals surface area contributed by atoms with E-state index in [0.29, 0.717) is 25.1 Å². The number of anilines is 1. The molecule has 2 aliphatic rings. The summed E-state index contributed by atoms with van der Waals surface area (Å²) in [7, 11) is 0. The van der Waals surface area contributed by atoms with Gasteiger partial charge in [0.05, 0.1) is 5.56 Å². The summed E-state index contributed by atoms with van der Waals surface area (Å²) >= 11 is 0. The fourth-order valence-corrected chi connectivity index (χ4v) is 2.92. The highest BCUT2D eigenvalue weighted by Crippen LogP contribution is 2.32. The van der Waals surface area contributed by atoms with Gasteiger partial charge in [-0.05, 0) is 42.9 Å². The van der Waals surface area contributed by atoms with E-state index in [2.05, 4.69) is 5.32 Å². The summed E-state index contributed by atoms with van der Waals surface area (Å²) in [4.78, 5) is 25.3. The van der Waals surface area contributed by atoms with Gasteiger partial charge in [0.15, 0.2) is 0 Å². The summed E-state index contributed by atoms with van der Waals surface area (Å²) in [5.74, 6) is -0.139. The van der Waals surface area contributed by atoms with E-state index >= 15 is 0 Å². The Kier molecular flexibility index (Phi) is 3.82. The van der Waals surface area contributed by atoms with Gasteiger partial charge in [-0.25, -0.2) is 9.59 Å². The Labute approximate surface area is 123 Å². The van der Waals surface area contributed by atoms with Crippen molar-refractivity contribution in [2.24, 2.45) is 5.92 Å². The normalized spacial score (nSPS) is 17.2. The quantitative estimate of drug-likeness (QED) is 0.895. The smallest absolute Gasteiger partial charge is 0.336 e. The van der Waals surface area contributed by atoms with Gasteiger partial charge in [0.2, 0.25) is 0 Å². The molecule has 1 fully saturated rings. The Morgan fingerprint density at radius 3 is 2.86 bits per heavy atom. The van der Waals surface area contributed by atoms with Crippen LogP contribution in [0.25, 0.3) is 0 Å². The Balaban J connectivity index is 1.74. The standard InChI is InChI=1S/C16H20N2O3/c19-15(20)13-3-1-5-14-12(13)4-2-10-18(14)16(21)17-9-8-11-6-7-11/h1,3,5,11H,2,4,6-10H2,(H,17,21)(H,19,20). The molecule has 1 saturated carbocycles. The first-order valence-electron chi connectivity index (χ1n) is 7.57. The van der Waals surface area contributed by atoms with E-state index in [9.17, 15) is 14.7 Å². The second kappa shape index (κ2) is 5.76. The highest BCUT2D eigenvalue weighted by Gasteiger charge is 2.26. The van der Waals surface area contributed by atoms with Crippen molar-refractivity contribution >= 4 is 17.7 Å². The van der Waals surface area contributed by atoms with E-state index in [1.54, 1.807) is 17.0 Å². The van der Waals surface area contributed by atoms with Crippen LogP contribution in [0.1, 0.15) is 41.6 Å². The first kappa shape index (κ1) is 13.9. The highest BCUT2D eigenvalue weighted by atomic mass is 16.4. The molecule has 2 N–H and O–H groups in total. The number of carboxylic acids is 1. The lowest BCUT2D eigenvalue weighted by molar-refractivity contribution is 0.0695. The number of benzene rings is 1. The summed E-state index contributed by atoms with van der Waals surface area (Å²) < 4.78 is 0. The van der Waals surface area contributed by atoms with E-state index in [-0.39, 0.29) is 6.03 Å². The van der Waals surface area contributed by atoms with Crippen LogP contribution >= 0.6 is 0 Å². The van der Waals surface area contributed by atoms with Gasteiger partial charge >= 0.3 is 12.0 Å². The molecule has 21 heavy (non-hydrogen) atoms. The Morgan fingerprint density at radius 1 is 1.33 bits per heavy atom. The van der Waals surface area contributed by atoms with Crippen LogP contribution in [-0.4, -0.2) is 30.2 Å². The molecule has 0 atom stereocenters. The van der Waals surface area contributed by atoms with Crippen molar-refractivity contribution in [3.05, 3.63) is 29.3 Å². The Bertz CT molecular complexity index is 567. The average Bonchev–Trinajstić information content (AvgIpc) is 3.30. The Morgan fingerprint density at radius 2 is 2.14 bits per heavy atom. The number of nitrogens with zero attached hydrogens (tertiary/aromatic N) is 1. The lowest BCUT2D eigenvalue weighted by atomic mass is 9.96. The summed E-state index contributed by atoms with van der Waals surface area (Å²) in [5, 5.41) is 12.2. The molecular formula is C16H20N2O3. The number of nitrogens with one attached hydrogen (secondary N) is 1. The molecule has 0 bridgehead atoms. The summed E-state index contributed by atoms with van der Waals surface area (Å²) in [6.45, 7) is 1.35. The van der Waals surface area contributed by atoms with Crippen LogP contribution in [0.4, 0.5) is 10.5 Å². The van der Waals surface area contributed by atoms with Gasteiger partial charge in [0, 0.05) is 18.8 Å². The second-order valence-corrected chi connectivity index (χ2v) is 5.83. The zero-order valence-electron chi connectivity index (χ0n) is 12.0. The van der Waals surface area contributed by atoms with Gasteiger partial charge in [-0.15, -0.1) is 0 Å². The van der Waals surface area contributed by atoms with Crippen molar-refractivity contribution in [3.63, 3.8) is 0 Å². The zero-order chi connectivity index (χ0) is 14.8. The maximum atomic E-state index is 12.3. The van der Waals surface area contributed by atoms with Gasteiger partial charge in [0.25, 0.3) is 0 Å². The molecule has 0 unspecified atom stereocenters. The number of amides is 2. The van der Waals surface area contributed by atoms with Crippen molar-refractivity contribution in [1.82, 2.24) is 5.32 Å². The van der Waals surface area contributed by atoms with Crippen molar-refractivity contribution in [1.29, 1.82) is 0 Å². The monoisotopic (exact) mass is 288 g/mol. The number of carbonyl (C=O) groups is 2. The summed E-state index contributed by atoms with van der Waals surface area (Å²) in [6, 6.07) is 5.04. The van der Waals surface area contributed by atoms with E-state index < -0.39 is 5.97 Å². The maximum absolute atomic E-state index is 12.3. The van der Waals surface area contributed by atoms with E-state index in [4.69, 9.17) is 0 Å². The number of urea groups is 1. The molecule has 5 nitrogen and oxygen atoms in total. The topological polar surface area (TPSA) is 69.6 Å². The van der Waals surface area contributed by atoms with Crippen molar-refractivity contribution < 1.29 is 14.7 Å². The zero-order valence-corrected chi connectivity index (χ0v) is 12.0. The van der Waals surface area contributed by atoms with Gasteiger partial charge < -0.3 is 10.4 Å². The van der Waals surface area contributed by atoms with Gasteiger partial charge in [-0.3, -0.25) is 4.90 Å². The number of aromatic carboxylic acids is 1. The molecule has 0 radical (unpaired) electrons. The van der Waals surface area contributed by atoms with E-state index in [0.717, 1.165) is 30.0 Å². The minimum Gasteiger partial charge on any atom is -0.478 e. The van der Waals surface area contributed by atoms with Crippen LogP contribution in [0.2, 0.25) is 0 Å². The minimum atomic E-state index is -0.928. The van der Waals surface area contributed by atoms with Crippen molar-refractivity contribution in [2.45, 2.75) is 32.1 Å². The third-order valence-electron chi connectivity index (χ3n) is 4.25. The number of rotatable bonds is 4. The van der Waals surface area contributed by atoms with E-state index in [1.165, 1.54) is 12.8 Å². The van der Waals surface area contributed by atoms with Gasteiger partial charge in [0.1, 0.15) is 0 Å². The second-order valence-electron chi connectivity index (χ2n) is 5.83.